The normalized spacial score (nSPS) is 10.8. The van der Waals surface area contributed by atoms with Gasteiger partial charge in [-0.05, 0) is 6.42 Å². The molecule has 0 spiro atoms. The summed E-state index contributed by atoms with van der Waals surface area (Å²) in [4.78, 5) is 23.0. The van der Waals surface area contributed by atoms with Crippen molar-refractivity contribution < 1.29 is 42.8 Å². The van der Waals surface area contributed by atoms with Crippen LogP contribution in [0.2, 0.25) is 0 Å². The summed E-state index contributed by atoms with van der Waals surface area (Å²) in [5, 5.41) is 4.83. The van der Waals surface area contributed by atoms with E-state index in [1.807, 2.05) is 21.1 Å². The summed E-state index contributed by atoms with van der Waals surface area (Å²) in [6.45, 7) is 3.91. The molecule has 156 valence electrons. The molecule has 0 bridgehead atoms. The van der Waals surface area contributed by atoms with Crippen molar-refractivity contribution in [1.29, 1.82) is 0 Å². The van der Waals surface area contributed by atoms with Crippen LogP contribution in [0.3, 0.4) is 0 Å². The number of unbranched alkanes of at least 4 members (excludes halogenated alkanes) is 9. The average molecular weight is 485 g/mol. The highest BCUT2D eigenvalue weighted by Crippen LogP contribution is 2.10. The largest absolute Gasteiger partial charge is 1.00 e. The van der Waals surface area contributed by atoms with Crippen molar-refractivity contribution >= 4 is 12.1 Å². The average Bonchev–Trinajstić information content (AvgIpc) is 2.51. The Hall–Kier alpha value is -0.570. The highest BCUT2D eigenvalue weighted by atomic mass is 127. The van der Waals surface area contributed by atoms with Gasteiger partial charge in [-0.1, -0.05) is 64.7 Å². The lowest BCUT2D eigenvalue weighted by atomic mass is 10.1. The highest BCUT2D eigenvalue weighted by molar-refractivity contribution is 5.90. The predicted octanol–water partition coefficient (Wildman–Crippen LogP) is 1.05. The van der Waals surface area contributed by atoms with E-state index in [1.54, 1.807) is 0 Å². The first kappa shape index (κ1) is 27.6. The number of carbonyl (C=O) groups is 2. The van der Waals surface area contributed by atoms with Crippen molar-refractivity contribution in [3.05, 3.63) is 0 Å². The topological polar surface area (TPSA) is 67.4 Å². The van der Waals surface area contributed by atoms with Gasteiger partial charge in [-0.2, -0.15) is 0 Å². The number of hydrogen-bond acceptors (Lipinski definition) is 3. The monoisotopic (exact) mass is 485 g/mol. The Balaban J connectivity index is 0. The Labute approximate surface area is 177 Å². The summed E-state index contributed by atoms with van der Waals surface area (Å²) in [5.74, 6) is 0. The van der Waals surface area contributed by atoms with Gasteiger partial charge in [0.25, 0.3) is 0 Å². The van der Waals surface area contributed by atoms with Crippen LogP contribution < -0.4 is 34.6 Å². The SMILES string of the molecule is CCCCCCCCCCCCOC(=O)NC(=O)NCC[N+](C)(C)C.[I-]. The molecule has 0 unspecified atom stereocenters. The quantitative estimate of drug-likeness (QED) is 0.220. The molecule has 0 fully saturated rings. The molecule has 0 radical (unpaired) electrons. The summed E-state index contributed by atoms with van der Waals surface area (Å²) in [6, 6.07) is -0.499. The predicted molar refractivity (Wildman–Crippen MR) is 103 cm³/mol. The first-order valence-electron chi connectivity index (χ1n) is 9.87. The van der Waals surface area contributed by atoms with Gasteiger partial charge in [0, 0.05) is 0 Å². The molecule has 0 heterocycles. The Bertz CT molecular complexity index is 360. The van der Waals surface area contributed by atoms with E-state index in [-0.39, 0.29) is 24.0 Å². The number of likely N-dealkylation sites (N-methyl/N-ethyl adjacent to an activating group) is 1. The lowest BCUT2D eigenvalue weighted by Crippen LogP contribution is -3.00. The van der Waals surface area contributed by atoms with Gasteiger partial charge in [0.2, 0.25) is 0 Å². The number of quaternary nitrogens is 1. The van der Waals surface area contributed by atoms with E-state index in [0.717, 1.165) is 23.9 Å². The van der Waals surface area contributed by atoms with Crippen molar-refractivity contribution in [3.63, 3.8) is 0 Å². The minimum absolute atomic E-state index is 0. The Morgan fingerprint density at radius 3 is 1.85 bits per heavy atom. The van der Waals surface area contributed by atoms with Gasteiger partial charge >= 0.3 is 12.1 Å². The summed E-state index contributed by atoms with van der Waals surface area (Å²) in [7, 11) is 6.13. The van der Waals surface area contributed by atoms with Crippen LogP contribution in [0.4, 0.5) is 9.59 Å². The molecule has 0 aliphatic heterocycles. The van der Waals surface area contributed by atoms with Crippen molar-refractivity contribution in [2.45, 2.75) is 71.1 Å². The van der Waals surface area contributed by atoms with Gasteiger partial charge in [-0.15, -0.1) is 0 Å². The third kappa shape index (κ3) is 21.5. The molecule has 0 aromatic carbocycles. The van der Waals surface area contributed by atoms with Crippen LogP contribution >= 0.6 is 0 Å². The van der Waals surface area contributed by atoms with Gasteiger partial charge in [0.15, 0.2) is 0 Å². The second kappa shape index (κ2) is 17.8. The summed E-state index contributed by atoms with van der Waals surface area (Å²) in [5.41, 5.74) is 0. The molecule has 3 amide bonds. The van der Waals surface area contributed by atoms with E-state index in [1.165, 1.54) is 51.4 Å². The second-order valence-corrected chi connectivity index (χ2v) is 7.71. The molecule has 0 atom stereocenters. The van der Waals surface area contributed by atoms with Gasteiger partial charge in [0.05, 0.1) is 40.8 Å². The minimum atomic E-state index is -0.668. The zero-order valence-electron chi connectivity index (χ0n) is 17.2. The number of hydrogen-bond donors (Lipinski definition) is 2. The summed E-state index contributed by atoms with van der Waals surface area (Å²) >= 11 is 0. The molecule has 0 saturated carbocycles. The molecule has 0 saturated heterocycles. The van der Waals surface area contributed by atoms with Crippen molar-refractivity contribution in [2.24, 2.45) is 0 Å². The number of amides is 3. The molecule has 0 rings (SSSR count). The van der Waals surface area contributed by atoms with Crippen LogP contribution in [0.5, 0.6) is 0 Å². The molecule has 6 nitrogen and oxygen atoms in total. The van der Waals surface area contributed by atoms with Gasteiger partial charge < -0.3 is 38.5 Å². The first-order valence-corrected chi connectivity index (χ1v) is 9.87. The summed E-state index contributed by atoms with van der Waals surface area (Å²) < 4.78 is 5.77. The fourth-order valence-corrected chi connectivity index (χ4v) is 2.43. The fourth-order valence-electron chi connectivity index (χ4n) is 2.43. The summed E-state index contributed by atoms with van der Waals surface area (Å²) in [6.07, 6.45) is 11.7. The highest BCUT2D eigenvalue weighted by Gasteiger charge is 2.10. The lowest BCUT2D eigenvalue weighted by Gasteiger charge is -2.23. The first-order chi connectivity index (χ1) is 11.8. The molecule has 0 aromatic heterocycles. The van der Waals surface area contributed by atoms with E-state index in [4.69, 9.17) is 4.74 Å². The maximum absolute atomic E-state index is 11.5. The minimum Gasteiger partial charge on any atom is -1.00 e. The van der Waals surface area contributed by atoms with E-state index in [2.05, 4.69) is 17.6 Å². The molecular weight excluding hydrogens is 445 g/mol. The van der Waals surface area contributed by atoms with Crippen molar-refractivity contribution in [2.75, 3.05) is 40.8 Å². The van der Waals surface area contributed by atoms with E-state index >= 15 is 0 Å². The molecule has 7 heteroatoms. The fraction of sp³-hybridized carbons (Fsp3) is 0.895. The number of imide groups is 1. The Kier molecular flexibility index (Phi) is 19.0. The number of alkyl carbamates (subject to hydrolysis) is 1. The van der Waals surface area contributed by atoms with Crippen LogP contribution in [0.15, 0.2) is 0 Å². The number of urea groups is 1. The van der Waals surface area contributed by atoms with Gasteiger partial charge in [0.1, 0.15) is 0 Å². The zero-order chi connectivity index (χ0) is 19.0. The maximum atomic E-state index is 11.5. The molecular formula is C19H40IN3O3. The van der Waals surface area contributed by atoms with Crippen LogP contribution in [-0.2, 0) is 4.74 Å². The van der Waals surface area contributed by atoms with E-state index < -0.39 is 12.1 Å². The van der Waals surface area contributed by atoms with E-state index in [0.29, 0.717) is 13.2 Å². The Morgan fingerprint density at radius 1 is 0.846 bits per heavy atom. The zero-order valence-corrected chi connectivity index (χ0v) is 19.4. The maximum Gasteiger partial charge on any atom is 0.415 e. The van der Waals surface area contributed by atoms with Crippen LogP contribution in [0, 0.1) is 0 Å². The molecule has 2 N–H and O–H groups in total. The van der Waals surface area contributed by atoms with Crippen molar-refractivity contribution in [1.82, 2.24) is 10.6 Å². The second-order valence-electron chi connectivity index (χ2n) is 7.71. The van der Waals surface area contributed by atoms with Gasteiger partial charge in [-0.3, -0.25) is 0 Å². The number of nitrogens with one attached hydrogen (secondary N) is 2. The van der Waals surface area contributed by atoms with Crippen LogP contribution in [0.25, 0.3) is 0 Å². The molecule has 0 aliphatic rings. The van der Waals surface area contributed by atoms with Gasteiger partial charge in [-0.25, -0.2) is 14.9 Å². The van der Waals surface area contributed by atoms with Crippen LogP contribution in [0.1, 0.15) is 71.1 Å². The van der Waals surface area contributed by atoms with Crippen LogP contribution in [-0.4, -0.2) is 57.4 Å². The number of nitrogens with zero attached hydrogens (tertiary/aromatic N) is 1. The lowest BCUT2D eigenvalue weighted by molar-refractivity contribution is -0.869. The molecule has 26 heavy (non-hydrogen) atoms. The van der Waals surface area contributed by atoms with E-state index in [9.17, 15) is 9.59 Å². The molecule has 0 aliphatic carbocycles. The number of rotatable bonds is 14. The number of halogens is 1. The number of carbonyl (C=O) groups excluding carboxylic acids is 2. The third-order valence-corrected chi connectivity index (χ3v) is 4.01. The number of ether oxygens (including phenoxy) is 1. The standard InChI is InChI=1S/C19H39N3O3.HI/c1-5-6-7-8-9-10-11-12-13-14-17-25-19(24)21-18(23)20-15-16-22(2,3)4;/h5-17H2,1-4H3,(H-,20,21,23,24);1H. The third-order valence-electron chi connectivity index (χ3n) is 4.01. The van der Waals surface area contributed by atoms with Crippen molar-refractivity contribution in [3.8, 4) is 0 Å². The molecule has 0 aromatic rings. The smallest absolute Gasteiger partial charge is 0.415 e. The Morgan fingerprint density at radius 2 is 1.35 bits per heavy atom.